The standard InChI is InChI=1S/C12H19NO3S/c1-10-11(13)6-5-7-12(10)17(14,15)9-4-3-8-16-2/h5-7H,3-4,8-9,13H2,1-2H3. The normalized spacial score (nSPS) is 11.6. The first-order valence-electron chi connectivity index (χ1n) is 5.56. The van der Waals surface area contributed by atoms with Crippen molar-refractivity contribution < 1.29 is 13.2 Å². The van der Waals surface area contributed by atoms with Gasteiger partial charge in [-0.05, 0) is 37.5 Å². The molecule has 0 unspecified atom stereocenters. The molecule has 96 valence electrons. The van der Waals surface area contributed by atoms with Gasteiger partial charge in [0.1, 0.15) is 0 Å². The van der Waals surface area contributed by atoms with Crippen LogP contribution in [0.3, 0.4) is 0 Å². The van der Waals surface area contributed by atoms with Gasteiger partial charge in [0.2, 0.25) is 0 Å². The van der Waals surface area contributed by atoms with Crippen molar-refractivity contribution in [2.45, 2.75) is 24.7 Å². The summed E-state index contributed by atoms with van der Waals surface area (Å²) < 4.78 is 29.0. The van der Waals surface area contributed by atoms with Gasteiger partial charge < -0.3 is 10.5 Å². The number of nitrogen functional groups attached to an aromatic ring is 1. The molecule has 0 aliphatic rings. The summed E-state index contributed by atoms with van der Waals surface area (Å²) in [6.45, 7) is 2.32. The van der Waals surface area contributed by atoms with Crippen LogP contribution in [0.4, 0.5) is 5.69 Å². The second-order valence-corrected chi connectivity index (χ2v) is 6.07. The van der Waals surface area contributed by atoms with Crippen molar-refractivity contribution >= 4 is 15.5 Å². The molecule has 2 N–H and O–H groups in total. The topological polar surface area (TPSA) is 69.4 Å². The van der Waals surface area contributed by atoms with Crippen LogP contribution in [0.15, 0.2) is 23.1 Å². The van der Waals surface area contributed by atoms with Crippen LogP contribution in [-0.4, -0.2) is 27.9 Å². The molecule has 4 nitrogen and oxygen atoms in total. The van der Waals surface area contributed by atoms with E-state index in [1.165, 1.54) is 0 Å². The Bertz CT molecular complexity index is 469. The summed E-state index contributed by atoms with van der Waals surface area (Å²) in [7, 11) is -1.62. The van der Waals surface area contributed by atoms with E-state index < -0.39 is 9.84 Å². The fourth-order valence-corrected chi connectivity index (χ4v) is 3.29. The molecule has 0 bridgehead atoms. The summed E-state index contributed by atoms with van der Waals surface area (Å²) in [5.41, 5.74) is 6.86. The number of hydrogen-bond donors (Lipinski definition) is 1. The lowest BCUT2D eigenvalue weighted by molar-refractivity contribution is 0.194. The zero-order valence-corrected chi connectivity index (χ0v) is 11.1. The van der Waals surface area contributed by atoms with Gasteiger partial charge in [0.05, 0.1) is 10.6 Å². The van der Waals surface area contributed by atoms with Gasteiger partial charge in [0.25, 0.3) is 0 Å². The Balaban J connectivity index is 2.79. The van der Waals surface area contributed by atoms with Gasteiger partial charge in [-0.25, -0.2) is 8.42 Å². The minimum Gasteiger partial charge on any atom is -0.398 e. The van der Waals surface area contributed by atoms with Crippen molar-refractivity contribution in [3.05, 3.63) is 23.8 Å². The van der Waals surface area contributed by atoms with Gasteiger partial charge in [-0.2, -0.15) is 0 Å². The number of ether oxygens (including phenoxy) is 1. The number of methoxy groups -OCH3 is 1. The van der Waals surface area contributed by atoms with Crippen LogP contribution in [0.2, 0.25) is 0 Å². The van der Waals surface area contributed by atoms with Crippen LogP contribution >= 0.6 is 0 Å². The van der Waals surface area contributed by atoms with Crippen molar-refractivity contribution in [1.82, 2.24) is 0 Å². The number of anilines is 1. The number of unbranched alkanes of at least 4 members (excludes halogenated alkanes) is 1. The number of rotatable bonds is 6. The first-order valence-corrected chi connectivity index (χ1v) is 7.21. The molecular formula is C12H19NO3S. The summed E-state index contributed by atoms with van der Waals surface area (Å²) in [6.07, 6.45) is 1.35. The lowest BCUT2D eigenvalue weighted by Crippen LogP contribution is -2.10. The average molecular weight is 257 g/mol. The fourth-order valence-electron chi connectivity index (χ4n) is 1.62. The summed E-state index contributed by atoms with van der Waals surface area (Å²) in [4.78, 5) is 0.343. The zero-order valence-electron chi connectivity index (χ0n) is 10.3. The van der Waals surface area contributed by atoms with Crippen LogP contribution in [0.1, 0.15) is 18.4 Å². The molecule has 1 rings (SSSR count). The molecule has 0 saturated heterocycles. The van der Waals surface area contributed by atoms with Gasteiger partial charge in [-0.15, -0.1) is 0 Å². The van der Waals surface area contributed by atoms with Crippen LogP contribution in [0.25, 0.3) is 0 Å². The molecule has 17 heavy (non-hydrogen) atoms. The number of sulfone groups is 1. The van der Waals surface area contributed by atoms with Crippen molar-refractivity contribution in [3.8, 4) is 0 Å². The van der Waals surface area contributed by atoms with Gasteiger partial charge in [-0.3, -0.25) is 0 Å². The fraction of sp³-hybridized carbons (Fsp3) is 0.500. The molecule has 0 radical (unpaired) electrons. The number of benzene rings is 1. The minimum absolute atomic E-state index is 0.140. The maximum Gasteiger partial charge on any atom is 0.178 e. The molecule has 0 atom stereocenters. The van der Waals surface area contributed by atoms with E-state index in [4.69, 9.17) is 10.5 Å². The molecule has 0 fully saturated rings. The van der Waals surface area contributed by atoms with Gasteiger partial charge in [0, 0.05) is 19.4 Å². The van der Waals surface area contributed by atoms with E-state index in [0.29, 0.717) is 29.2 Å². The molecule has 0 saturated carbocycles. The Labute approximate surface area is 103 Å². The SMILES string of the molecule is COCCCCS(=O)(=O)c1cccc(N)c1C. The van der Waals surface area contributed by atoms with Crippen molar-refractivity contribution in [1.29, 1.82) is 0 Å². The van der Waals surface area contributed by atoms with Gasteiger partial charge in [-0.1, -0.05) is 6.07 Å². The molecule has 0 aromatic heterocycles. The predicted octanol–water partition coefficient (Wildman–Crippen LogP) is 1.78. The minimum atomic E-state index is -3.23. The molecule has 1 aromatic rings. The summed E-state index contributed by atoms with van der Waals surface area (Å²) in [5, 5.41) is 0. The summed E-state index contributed by atoms with van der Waals surface area (Å²) in [6, 6.07) is 4.99. The Kier molecular flexibility index (Phi) is 4.96. The Morgan fingerprint density at radius 1 is 1.29 bits per heavy atom. The molecule has 0 aliphatic heterocycles. The lowest BCUT2D eigenvalue weighted by atomic mass is 10.2. The van der Waals surface area contributed by atoms with E-state index in [9.17, 15) is 8.42 Å². The molecular weight excluding hydrogens is 238 g/mol. The first kappa shape index (κ1) is 14.0. The number of nitrogens with two attached hydrogens (primary N) is 1. The highest BCUT2D eigenvalue weighted by molar-refractivity contribution is 7.91. The van der Waals surface area contributed by atoms with Crippen molar-refractivity contribution in [3.63, 3.8) is 0 Å². The Hall–Kier alpha value is -1.07. The molecule has 0 aliphatic carbocycles. The Morgan fingerprint density at radius 3 is 2.65 bits per heavy atom. The van der Waals surface area contributed by atoms with E-state index in [-0.39, 0.29) is 5.75 Å². The van der Waals surface area contributed by atoms with Crippen molar-refractivity contribution in [2.75, 3.05) is 25.2 Å². The molecule has 0 amide bonds. The summed E-state index contributed by atoms with van der Waals surface area (Å²) in [5.74, 6) is 0.140. The highest BCUT2D eigenvalue weighted by Gasteiger charge is 2.17. The van der Waals surface area contributed by atoms with E-state index in [1.54, 1.807) is 32.2 Å². The molecule has 1 aromatic carbocycles. The molecule has 0 heterocycles. The molecule has 0 spiro atoms. The van der Waals surface area contributed by atoms with E-state index in [1.807, 2.05) is 0 Å². The maximum atomic E-state index is 12.1. The van der Waals surface area contributed by atoms with E-state index >= 15 is 0 Å². The van der Waals surface area contributed by atoms with Crippen LogP contribution < -0.4 is 5.73 Å². The highest BCUT2D eigenvalue weighted by atomic mass is 32.2. The second kappa shape index (κ2) is 6.02. The Morgan fingerprint density at radius 2 is 2.00 bits per heavy atom. The van der Waals surface area contributed by atoms with E-state index in [2.05, 4.69) is 0 Å². The van der Waals surface area contributed by atoms with E-state index in [0.717, 1.165) is 6.42 Å². The third-order valence-electron chi connectivity index (χ3n) is 2.67. The van der Waals surface area contributed by atoms with Gasteiger partial charge in [0.15, 0.2) is 9.84 Å². The van der Waals surface area contributed by atoms with Crippen LogP contribution in [-0.2, 0) is 14.6 Å². The third kappa shape index (κ3) is 3.71. The highest BCUT2D eigenvalue weighted by Crippen LogP contribution is 2.22. The smallest absolute Gasteiger partial charge is 0.178 e. The predicted molar refractivity (Wildman–Crippen MR) is 68.8 cm³/mol. The second-order valence-electron chi connectivity index (χ2n) is 3.99. The lowest BCUT2D eigenvalue weighted by Gasteiger charge is -2.09. The number of hydrogen-bond acceptors (Lipinski definition) is 4. The summed E-state index contributed by atoms with van der Waals surface area (Å²) >= 11 is 0. The van der Waals surface area contributed by atoms with Crippen LogP contribution in [0, 0.1) is 6.92 Å². The van der Waals surface area contributed by atoms with Gasteiger partial charge >= 0.3 is 0 Å². The monoisotopic (exact) mass is 257 g/mol. The first-order chi connectivity index (χ1) is 7.99. The molecule has 5 heteroatoms. The maximum absolute atomic E-state index is 12.1. The zero-order chi connectivity index (χ0) is 12.9. The van der Waals surface area contributed by atoms with Crippen LogP contribution in [0.5, 0.6) is 0 Å². The average Bonchev–Trinajstić information content (AvgIpc) is 2.28. The largest absolute Gasteiger partial charge is 0.398 e. The third-order valence-corrected chi connectivity index (χ3v) is 4.61. The van der Waals surface area contributed by atoms with Crippen molar-refractivity contribution in [2.24, 2.45) is 0 Å². The quantitative estimate of drug-likeness (QED) is 0.623.